The Bertz CT molecular complexity index is 492. The van der Waals surface area contributed by atoms with Gasteiger partial charge in [0.2, 0.25) is 0 Å². The molecule has 0 amide bonds. The second-order valence-electron chi connectivity index (χ2n) is 6.22. The quantitative estimate of drug-likeness (QED) is 0.907. The summed E-state index contributed by atoms with van der Waals surface area (Å²) in [7, 11) is 0. The van der Waals surface area contributed by atoms with Crippen LogP contribution >= 0.6 is 0 Å². The first kappa shape index (κ1) is 13.8. The lowest BCUT2D eigenvalue weighted by Crippen LogP contribution is -2.29. The van der Waals surface area contributed by atoms with Gasteiger partial charge in [-0.25, -0.2) is 4.98 Å². The molecule has 1 heterocycles. The molecule has 1 atom stereocenters. The van der Waals surface area contributed by atoms with E-state index in [9.17, 15) is 0 Å². The fourth-order valence-electron chi connectivity index (χ4n) is 1.92. The van der Waals surface area contributed by atoms with E-state index in [-0.39, 0.29) is 0 Å². The summed E-state index contributed by atoms with van der Waals surface area (Å²) >= 11 is 0. The highest BCUT2D eigenvalue weighted by molar-refractivity contribution is 5.35. The number of hydrogen-bond acceptors (Lipinski definition) is 2. The van der Waals surface area contributed by atoms with Crippen molar-refractivity contribution in [1.29, 1.82) is 0 Å². The molecule has 0 aliphatic heterocycles. The molecule has 3 nitrogen and oxygen atoms in total. The second kappa shape index (κ2) is 5.57. The lowest BCUT2D eigenvalue weighted by Gasteiger charge is -2.23. The van der Waals surface area contributed by atoms with Crippen molar-refractivity contribution in [3.8, 4) is 5.69 Å². The van der Waals surface area contributed by atoms with Crippen LogP contribution in [0.15, 0.2) is 43.0 Å². The zero-order valence-electron chi connectivity index (χ0n) is 12.2. The van der Waals surface area contributed by atoms with E-state index in [1.54, 1.807) is 6.20 Å². The molecule has 2 aromatic rings. The van der Waals surface area contributed by atoms with Gasteiger partial charge in [-0.05, 0) is 30.0 Å². The number of imidazole rings is 1. The summed E-state index contributed by atoms with van der Waals surface area (Å²) in [4.78, 5) is 4.06. The van der Waals surface area contributed by atoms with Gasteiger partial charge in [0.25, 0.3) is 0 Å². The molecule has 19 heavy (non-hydrogen) atoms. The summed E-state index contributed by atoms with van der Waals surface area (Å²) in [6, 6.07) is 8.99. The van der Waals surface area contributed by atoms with Crippen LogP contribution in [0.2, 0.25) is 0 Å². The van der Waals surface area contributed by atoms with Gasteiger partial charge in [0.1, 0.15) is 0 Å². The van der Waals surface area contributed by atoms with Crippen molar-refractivity contribution in [3.63, 3.8) is 0 Å². The summed E-state index contributed by atoms with van der Waals surface area (Å²) in [6.45, 7) is 9.95. The Morgan fingerprint density at radius 3 is 2.42 bits per heavy atom. The summed E-state index contributed by atoms with van der Waals surface area (Å²) in [5.74, 6) is 0. The van der Waals surface area contributed by atoms with Gasteiger partial charge in [-0.3, -0.25) is 0 Å². The Morgan fingerprint density at radius 2 is 1.89 bits per heavy atom. The van der Waals surface area contributed by atoms with Crippen LogP contribution in [0.3, 0.4) is 0 Å². The maximum Gasteiger partial charge on any atom is 0.0991 e. The van der Waals surface area contributed by atoms with Crippen LogP contribution in [-0.2, 0) is 0 Å². The first-order chi connectivity index (χ1) is 8.96. The number of aromatic nitrogens is 2. The maximum atomic E-state index is 4.06. The number of nitrogens with zero attached hydrogens (tertiary/aromatic N) is 2. The minimum Gasteiger partial charge on any atom is -0.310 e. The molecule has 1 unspecified atom stereocenters. The third-order valence-electron chi connectivity index (χ3n) is 3.13. The van der Waals surface area contributed by atoms with E-state index in [1.807, 2.05) is 17.1 Å². The first-order valence-corrected chi connectivity index (χ1v) is 6.77. The Balaban J connectivity index is 2.02. The largest absolute Gasteiger partial charge is 0.310 e. The minimum absolute atomic E-state index is 0.311. The summed E-state index contributed by atoms with van der Waals surface area (Å²) in [6.07, 6.45) is 5.56. The maximum absolute atomic E-state index is 4.06. The van der Waals surface area contributed by atoms with Crippen LogP contribution in [0.25, 0.3) is 5.69 Å². The SMILES string of the molecule is CC(NCC(C)(C)C)c1ccc(-n2ccnc2)cc1. The molecular formula is C16H23N3. The molecular weight excluding hydrogens is 234 g/mol. The van der Waals surface area contributed by atoms with Crippen molar-refractivity contribution < 1.29 is 0 Å². The average Bonchev–Trinajstić information content (AvgIpc) is 2.89. The molecule has 0 aliphatic rings. The van der Waals surface area contributed by atoms with Crippen LogP contribution in [0.4, 0.5) is 0 Å². The predicted molar refractivity (Wildman–Crippen MR) is 79.4 cm³/mol. The molecule has 3 heteroatoms. The molecule has 1 aromatic heterocycles. The van der Waals surface area contributed by atoms with Crippen LogP contribution in [0.5, 0.6) is 0 Å². The Morgan fingerprint density at radius 1 is 1.21 bits per heavy atom. The van der Waals surface area contributed by atoms with E-state index >= 15 is 0 Å². The van der Waals surface area contributed by atoms with Crippen molar-refractivity contribution >= 4 is 0 Å². The van der Waals surface area contributed by atoms with Gasteiger partial charge in [0, 0.05) is 30.7 Å². The Hall–Kier alpha value is -1.61. The molecule has 0 bridgehead atoms. The van der Waals surface area contributed by atoms with Crippen LogP contribution in [-0.4, -0.2) is 16.1 Å². The third kappa shape index (κ3) is 3.93. The fraction of sp³-hybridized carbons (Fsp3) is 0.438. The molecule has 0 aliphatic carbocycles. The predicted octanol–water partition coefficient (Wildman–Crippen LogP) is 3.57. The number of hydrogen-bond donors (Lipinski definition) is 1. The Kier molecular flexibility index (Phi) is 4.05. The number of nitrogens with one attached hydrogen (secondary N) is 1. The summed E-state index contributed by atoms with van der Waals surface area (Å²) in [5.41, 5.74) is 2.77. The summed E-state index contributed by atoms with van der Waals surface area (Å²) in [5, 5.41) is 3.57. The zero-order valence-corrected chi connectivity index (χ0v) is 12.2. The van der Waals surface area contributed by atoms with E-state index in [0.29, 0.717) is 11.5 Å². The topological polar surface area (TPSA) is 29.9 Å². The monoisotopic (exact) mass is 257 g/mol. The van der Waals surface area contributed by atoms with Gasteiger partial charge in [-0.1, -0.05) is 32.9 Å². The molecule has 1 aromatic carbocycles. The third-order valence-corrected chi connectivity index (χ3v) is 3.13. The van der Waals surface area contributed by atoms with Crippen LogP contribution < -0.4 is 5.32 Å². The number of rotatable bonds is 4. The lowest BCUT2D eigenvalue weighted by atomic mass is 9.96. The standard InChI is InChI=1S/C16H23N3/c1-13(18-11-16(2,3)4)14-5-7-15(8-6-14)19-10-9-17-12-19/h5-10,12-13,18H,11H2,1-4H3. The van der Waals surface area contributed by atoms with Crippen molar-refractivity contribution in [3.05, 3.63) is 48.5 Å². The van der Waals surface area contributed by atoms with E-state index in [2.05, 4.69) is 62.3 Å². The lowest BCUT2D eigenvalue weighted by molar-refractivity contribution is 0.359. The highest BCUT2D eigenvalue weighted by atomic mass is 15.0. The molecule has 0 fully saturated rings. The molecule has 0 saturated carbocycles. The molecule has 0 radical (unpaired) electrons. The van der Waals surface area contributed by atoms with E-state index in [1.165, 1.54) is 5.56 Å². The van der Waals surface area contributed by atoms with E-state index < -0.39 is 0 Å². The zero-order chi connectivity index (χ0) is 13.9. The average molecular weight is 257 g/mol. The van der Waals surface area contributed by atoms with Crippen molar-refractivity contribution in [2.24, 2.45) is 5.41 Å². The van der Waals surface area contributed by atoms with Gasteiger partial charge in [-0.15, -0.1) is 0 Å². The van der Waals surface area contributed by atoms with Crippen LogP contribution in [0.1, 0.15) is 39.3 Å². The molecule has 0 saturated heterocycles. The fourth-order valence-corrected chi connectivity index (χ4v) is 1.92. The molecule has 2 rings (SSSR count). The highest BCUT2D eigenvalue weighted by Gasteiger charge is 2.12. The van der Waals surface area contributed by atoms with Gasteiger partial charge in [0.15, 0.2) is 0 Å². The normalized spacial score (nSPS) is 13.5. The van der Waals surface area contributed by atoms with Crippen LogP contribution in [0, 0.1) is 5.41 Å². The number of benzene rings is 1. The summed E-state index contributed by atoms with van der Waals surface area (Å²) < 4.78 is 2.01. The minimum atomic E-state index is 0.311. The second-order valence-corrected chi connectivity index (χ2v) is 6.22. The molecule has 1 N–H and O–H groups in total. The van der Waals surface area contributed by atoms with Crippen molar-refractivity contribution in [2.45, 2.75) is 33.7 Å². The molecule has 102 valence electrons. The van der Waals surface area contributed by atoms with Gasteiger partial charge < -0.3 is 9.88 Å². The van der Waals surface area contributed by atoms with E-state index in [0.717, 1.165) is 12.2 Å². The van der Waals surface area contributed by atoms with Crippen molar-refractivity contribution in [2.75, 3.05) is 6.54 Å². The molecule has 0 spiro atoms. The smallest absolute Gasteiger partial charge is 0.0991 e. The van der Waals surface area contributed by atoms with Crippen molar-refractivity contribution in [1.82, 2.24) is 14.9 Å². The van der Waals surface area contributed by atoms with Gasteiger partial charge in [0.05, 0.1) is 6.33 Å². The highest BCUT2D eigenvalue weighted by Crippen LogP contribution is 2.18. The Labute approximate surface area is 115 Å². The van der Waals surface area contributed by atoms with E-state index in [4.69, 9.17) is 0 Å². The van der Waals surface area contributed by atoms with Gasteiger partial charge >= 0.3 is 0 Å². The van der Waals surface area contributed by atoms with Gasteiger partial charge in [-0.2, -0.15) is 0 Å². The first-order valence-electron chi connectivity index (χ1n) is 6.77.